The third-order valence-electron chi connectivity index (χ3n) is 2.97. The first-order chi connectivity index (χ1) is 8.61. The van der Waals surface area contributed by atoms with Crippen LogP contribution in [0.3, 0.4) is 0 Å². The molecule has 1 aromatic carbocycles. The summed E-state index contributed by atoms with van der Waals surface area (Å²) in [6, 6.07) is 5.23. The largest absolute Gasteiger partial charge is 0.399 e. The average Bonchev–Trinajstić information content (AvgIpc) is 3.15. The zero-order valence-electron chi connectivity index (χ0n) is 10.0. The number of terminal acetylenes is 1. The van der Waals surface area contributed by atoms with Crippen LogP contribution in [-0.2, 0) is 0 Å². The van der Waals surface area contributed by atoms with E-state index in [-0.39, 0.29) is 5.91 Å². The Morgan fingerprint density at radius 1 is 1.56 bits per heavy atom. The van der Waals surface area contributed by atoms with Crippen molar-refractivity contribution >= 4 is 27.5 Å². The monoisotopic (exact) mass is 306 g/mol. The quantitative estimate of drug-likeness (QED) is 0.686. The minimum absolute atomic E-state index is 0.0565. The molecule has 0 aromatic heterocycles. The Bertz CT molecular complexity index is 503. The van der Waals surface area contributed by atoms with Crippen LogP contribution in [0.15, 0.2) is 22.7 Å². The smallest absolute Gasteiger partial charge is 0.255 e. The van der Waals surface area contributed by atoms with E-state index in [1.54, 1.807) is 23.1 Å². The molecular formula is C14H15BrN2O. The molecule has 1 amide bonds. The van der Waals surface area contributed by atoms with Crippen molar-refractivity contribution in [2.24, 2.45) is 5.92 Å². The topological polar surface area (TPSA) is 46.3 Å². The molecular weight excluding hydrogens is 292 g/mol. The van der Waals surface area contributed by atoms with Gasteiger partial charge >= 0.3 is 0 Å². The van der Waals surface area contributed by atoms with Gasteiger partial charge in [-0.3, -0.25) is 4.79 Å². The summed E-state index contributed by atoms with van der Waals surface area (Å²) < 4.78 is 0.750. The summed E-state index contributed by atoms with van der Waals surface area (Å²) in [5, 5.41) is 0. The van der Waals surface area contributed by atoms with Crippen LogP contribution in [0.25, 0.3) is 0 Å². The number of nitrogens with zero attached hydrogens (tertiary/aromatic N) is 1. The number of carbonyl (C=O) groups excluding carboxylic acids is 1. The van der Waals surface area contributed by atoms with Crippen LogP contribution in [-0.4, -0.2) is 23.9 Å². The predicted octanol–water partition coefficient (Wildman–Crippen LogP) is 2.52. The van der Waals surface area contributed by atoms with Gasteiger partial charge in [0.05, 0.1) is 12.1 Å². The molecule has 2 N–H and O–H groups in total. The summed E-state index contributed by atoms with van der Waals surface area (Å²) in [6.45, 7) is 1.08. The van der Waals surface area contributed by atoms with Crippen molar-refractivity contribution < 1.29 is 4.79 Å². The average molecular weight is 307 g/mol. The number of amides is 1. The van der Waals surface area contributed by atoms with Gasteiger partial charge < -0.3 is 10.6 Å². The van der Waals surface area contributed by atoms with Gasteiger partial charge in [0.2, 0.25) is 0 Å². The SMILES string of the molecule is C#CCN(CC1CC1)C(=O)c1cc(N)ccc1Br. The van der Waals surface area contributed by atoms with Gasteiger partial charge in [0.25, 0.3) is 5.91 Å². The second-order valence-electron chi connectivity index (χ2n) is 4.57. The maximum absolute atomic E-state index is 12.4. The molecule has 0 unspecified atom stereocenters. The zero-order chi connectivity index (χ0) is 13.1. The van der Waals surface area contributed by atoms with Gasteiger partial charge in [0.1, 0.15) is 0 Å². The van der Waals surface area contributed by atoms with Gasteiger partial charge in [-0.25, -0.2) is 0 Å². The van der Waals surface area contributed by atoms with E-state index < -0.39 is 0 Å². The molecule has 18 heavy (non-hydrogen) atoms. The predicted molar refractivity (Wildman–Crippen MR) is 76.0 cm³/mol. The molecule has 0 saturated heterocycles. The van der Waals surface area contributed by atoms with Crippen LogP contribution < -0.4 is 5.73 Å². The Hall–Kier alpha value is -1.47. The van der Waals surface area contributed by atoms with Crippen molar-refractivity contribution in [3.8, 4) is 12.3 Å². The molecule has 0 spiro atoms. The number of benzene rings is 1. The zero-order valence-corrected chi connectivity index (χ0v) is 11.6. The van der Waals surface area contributed by atoms with Crippen molar-refractivity contribution in [2.45, 2.75) is 12.8 Å². The molecule has 0 aliphatic heterocycles. The van der Waals surface area contributed by atoms with E-state index in [4.69, 9.17) is 12.2 Å². The van der Waals surface area contributed by atoms with Gasteiger partial charge in [0.15, 0.2) is 0 Å². The molecule has 2 rings (SSSR count). The maximum Gasteiger partial charge on any atom is 0.255 e. The summed E-state index contributed by atoms with van der Waals surface area (Å²) in [4.78, 5) is 14.1. The first-order valence-corrected chi connectivity index (χ1v) is 6.69. The number of rotatable bonds is 4. The molecule has 0 heterocycles. The summed E-state index contributed by atoms with van der Waals surface area (Å²) in [7, 11) is 0. The number of anilines is 1. The van der Waals surface area contributed by atoms with Crippen LogP contribution in [0.1, 0.15) is 23.2 Å². The Labute approximate surface area is 115 Å². The molecule has 0 bridgehead atoms. The lowest BCUT2D eigenvalue weighted by molar-refractivity contribution is 0.0769. The van der Waals surface area contributed by atoms with E-state index in [1.165, 1.54) is 12.8 Å². The highest BCUT2D eigenvalue weighted by Gasteiger charge is 2.27. The lowest BCUT2D eigenvalue weighted by atomic mass is 10.1. The molecule has 1 saturated carbocycles. The molecule has 0 atom stereocenters. The van der Waals surface area contributed by atoms with E-state index in [2.05, 4.69) is 21.9 Å². The number of halogens is 1. The van der Waals surface area contributed by atoms with Crippen molar-refractivity contribution in [2.75, 3.05) is 18.8 Å². The molecule has 3 nitrogen and oxygen atoms in total. The van der Waals surface area contributed by atoms with Crippen LogP contribution in [0, 0.1) is 18.3 Å². The van der Waals surface area contributed by atoms with E-state index in [9.17, 15) is 4.79 Å². The van der Waals surface area contributed by atoms with Crippen LogP contribution in [0.4, 0.5) is 5.69 Å². The Morgan fingerprint density at radius 2 is 2.28 bits per heavy atom. The number of hydrogen-bond donors (Lipinski definition) is 1. The number of carbonyl (C=O) groups is 1. The molecule has 1 fully saturated rings. The number of nitrogen functional groups attached to an aromatic ring is 1. The van der Waals surface area contributed by atoms with Gasteiger partial charge in [-0.15, -0.1) is 6.42 Å². The highest BCUT2D eigenvalue weighted by molar-refractivity contribution is 9.10. The summed E-state index contributed by atoms with van der Waals surface area (Å²) in [6.07, 6.45) is 7.70. The summed E-state index contributed by atoms with van der Waals surface area (Å²) in [5.74, 6) is 3.10. The minimum atomic E-state index is -0.0565. The highest BCUT2D eigenvalue weighted by atomic mass is 79.9. The fourth-order valence-corrected chi connectivity index (χ4v) is 2.23. The van der Waals surface area contributed by atoms with E-state index in [0.717, 1.165) is 11.0 Å². The third-order valence-corrected chi connectivity index (χ3v) is 3.66. The van der Waals surface area contributed by atoms with E-state index in [0.29, 0.717) is 23.7 Å². The summed E-state index contributed by atoms with van der Waals surface area (Å²) >= 11 is 3.38. The normalized spacial score (nSPS) is 14.0. The van der Waals surface area contributed by atoms with Gasteiger partial charge in [-0.2, -0.15) is 0 Å². The minimum Gasteiger partial charge on any atom is -0.399 e. The van der Waals surface area contributed by atoms with Gasteiger partial charge in [-0.05, 0) is 52.9 Å². The lowest BCUT2D eigenvalue weighted by Crippen LogP contribution is -2.33. The van der Waals surface area contributed by atoms with Gasteiger partial charge in [-0.1, -0.05) is 5.92 Å². The fourth-order valence-electron chi connectivity index (χ4n) is 1.82. The van der Waals surface area contributed by atoms with Gasteiger partial charge in [0, 0.05) is 16.7 Å². The first-order valence-electron chi connectivity index (χ1n) is 5.89. The fraction of sp³-hybridized carbons (Fsp3) is 0.357. The molecule has 1 aliphatic carbocycles. The van der Waals surface area contributed by atoms with E-state index >= 15 is 0 Å². The van der Waals surface area contributed by atoms with Crippen molar-refractivity contribution in [1.82, 2.24) is 4.90 Å². The molecule has 0 radical (unpaired) electrons. The number of nitrogens with two attached hydrogens (primary N) is 1. The molecule has 1 aromatic rings. The van der Waals surface area contributed by atoms with Crippen molar-refractivity contribution in [3.05, 3.63) is 28.2 Å². The van der Waals surface area contributed by atoms with Crippen LogP contribution >= 0.6 is 15.9 Å². The van der Waals surface area contributed by atoms with Crippen LogP contribution in [0.5, 0.6) is 0 Å². The van der Waals surface area contributed by atoms with Crippen molar-refractivity contribution in [3.63, 3.8) is 0 Å². The van der Waals surface area contributed by atoms with E-state index in [1.807, 2.05) is 0 Å². The lowest BCUT2D eigenvalue weighted by Gasteiger charge is -2.21. The number of hydrogen-bond acceptors (Lipinski definition) is 2. The molecule has 4 heteroatoms. The van der Waals surface area contributed by atoms with Crippen LogP contribution in [0.2, 0.25) is 0 Å². The Balaban J connectivity index is 2.20. The maximum atomic E-state index is 12.4. The Kier molecular flexibility index (Phi) is 3.93. The Morgan fingerprint density at radius 3 is 2.89 bits per heavy atom. The standard InChI is InChI=1S/C14H15BrN2O/c1-2-7-17(9-10-3-4-10)14(18)12-8-11(16)5-6-13(12)15/h1,5-6,8,10H,3-4,7,9,16H2. The highest BCUT2D eigenvalue weighted by Crippen LogP contribution is 2.30. The van der Waals surface area contributed by atoms with Crippen molar-refractivity contribution in [1.29, 1.82) is 0 Å². The summed E-state index contributed by atoms with van der Waals surface area (Å²) in [5.41, 5.74) is 6.87. The second kappa shape index (κ2) is 5.45. The first kappa shape index (κ1) is 13.0. The molecule has 1 aliphatic rings. The molecule has 94 valence electrons. The second-order valence-corrected chi connectivity index (χ2v) is 5.43. The third kappa shape index (κ3) is 3.05.